The molecule has 0 fully saturated rings. The first-order chi connectivity index (χ1) is 13.5. The number of rotatable bonds is 4. The van der Waals surface area contributed by atoms with E-state index >= 15 is 0 Å². The van der Waals surface area contributed by atoms with E-state index in [1.54, 1.807) is 7.11 Å². The minimum Gasteiger partial charge on any atom is -0.496 e. The molecule has 28 heavy (non-hydrogen) atoms. The fourth-order valence-electron chi connectivity index (χ4n) is 3.29. The van der Waals surface area contributed by atoms with Crippen LogP contribution in [0.1, 0.15) is 26.6 Å². The molecule has 5 nitrogen and oxygen atoms in total. The van der Waals surface area contributed by atoms with Crippen molar-refractivity contribution >= 4 is 33.3 Å². The van der Waals surface area contributed by atoms with Gasteiger partial charge in [0.1, 0.15) is 11.3 Å². The molecule has 1 N–H and O–H groups in total. The predicted octanol–water partition coefficient (Wildman–Crippen LogP) is 5.74. The maximum Gasteiger partial charge on any atom is 0.293 e. The number of amides is 1. The number of carbonyl (C=O) groups is 1. The molecule has 1 amide bonds. The standard InChI is InChI=1S/C22H20N2O3S/c1-12-11-15(9-10-17(12)26-4)19-14(3)28-22(23-19)24-21(25)20-13(2)16-7-5-6-8-18(16)27-20/h5-11H,1-4H3,(H,23,24,25). The van der Waals surface area contributed by atoms with E-state index in [1.807, 2.05) is 63.2 Å². The largest absolute Gasteiger partial charge is 0.496 e. The van der Waals surface area contributed by atoms with Crippen molar-refractivity contribution < 1.29 is 13.9 Å². The SMILES string of the molecule is COc1ccc(-c2nc(NC(=O)c3oc4ccccc4c3C)sc2C)cc1C. The van der Waals surface area contributed by atoms with Gasteiger partial charge in [0, 0.05) is 21.4 Å². The lowest BCUT2D eigenvalue weighted by atomic mass is 10.1. The number of benzene rings is 2. The molecule has 2 aromatic heterocycles. The normalized spacial score (nSPS) is 11.0. The molecule has 0 spiro atoms. The zero-order chi connectivity index (χ0) is 19.8. The Balaban J connectivity index is 1.62. The molecule has 0 aliphatic heterocycles. The maximum absolute atomic E-state index is 12.7. The molecule has 0 unspecified atom stereocenters. The first kappa shape index (κ1) is 18.3. The molecule has 0 saturated heterocycles. The van der Waals surface area contributed by atoms with Crippen molar-refractivity contribution in [1.82, 2.24) is 4.98 Å². The topological polar surface area (TPSA) is 64.4 Å². The van der Waals surface area contributed by atoms with Crippen LogP contribution in [0.25, 0.3) is 22.2 Å². The van der Waals surface area contributed by atoms with Gasteiger partial charge in [-0.25, -0.2) is 4.98 Å². The second kappa shape index (κ2) is 7.13. The third kappa shape index (κ3) is 3.16. The summed E-state index contributed by atoms with van der Waals surface area (Å²) in [5, 5.41) is 4.37. The number of ether oxygens (including phenoxy) is 1. The van der Waals surface area contributed by atoms with Crippen LogP contribution in [-0.4, -0.2) is 18.0 Å². The highest BCUT2D eigenvalue weighted by Crippen LogP contribution is 2.33. The Labute approximate surface area is 167 Å². The molecule has 0 saturated carbocycles. The summed E-state index contributed by atoms with van der Waals surface area (Å²) >= 11 is 1.44. The summed E-state index contributed by atoms with van der Waals surface area (Å²) in [4.78, 5) is 18.4. The van der Waals surface area contributed by atoms with Gasteiger partial charge in [0.25, 0.3) is 5.91 Å². The van der Waals surface area contributed by atoms with Crippen molar-refractivity contribution in [2.45, 2.75) is 20.8 Å². The molecule has 0 aliphatic carbocycles. The fraction of sp³-hybridized carbons (Fsp3) is 0.182. The first-order valence-corrected chi connectivity index (χ1v) is 9.71. The van der Waals surface area contributed by atoms with Crippen LogP contribution >= 0.6 is 11.3 Å². The van der Waals surface area contributed by atoms with E-state index in [0.717, 1.165) is 38.4 Å². The number of methoxy groups -OCH3 is 1. The van der Waals surface area contributed by atoms with Crippen LogP contribution in [-0.2, 0) is 0 Å². The van der Waals surface area contributed by atoms with E-state index in [-0.39, 0.29) is 5.91 Å². The predicted molar refractivity (Wildman–Crippen MR) is 112 cm³/mol. The highest BCUT2D eigenvalue weighted by molar-refractivity contribution is 7.16. The molecule has 0 aliphatic rings. The van der Waals surface area contributed by atoms with Crippen LogP contribution in [0.15, 0.2) is 46.9 Å². The van der Waals surface area contributed by atoms with E-state index in [2.05, 4.69) is 10.3 Å². The molecule has 0 bridgehead atoms. The van der Waals surface area contributed by atoms with Gasteiger partial charge in [0.2, 0.25) is 0 Å². The molecular formula is C22H20N2O3S. The van der Waals surface area contributed by atoms with Gasteiger partial charge in [-0.1, -0.05) is 18.2 Å². The summed E-state index contributed by atoms with van der Waals surface area (Å²) in [7, 11) is 1.66. The molecule has 6 heteroatoms. The van der Waals surface area contributed by atoms with E-state index < -0.39 is 0 Å². The average Bonchev–Trinajstić information content (AvgIpc) is 3.22. The third-order valence-corrected chi connectivity index (χ3v) is 5.62. The zero-order valence-electron chi connectivity index (χ0n) is 16.1. The maximum atomic E-state index is 12.7. The number of para-hydroxylation sites is 1. The number of hydrogen-bond donors (Lipinski definition) is 1. The van der Waals surface area contributed by atoms with Crippen molar-refractivity contribution in [2.75, 3.05) is 12.4 Å². The third-order valence-electron chi connectivity index (χ3n) is 4.74. The Bertz CT molecular complexity index is 1190. The van der Waals surface area contributed by atoms with Crippen molar-refractivity contribution in [1.29, 1.82) is 0 Å². The van der Waals surface area contributed by atoms with E-state index in [4.69, 9.17) is 9.15 Å². The zero-order valence-corrected chi connectivity index (χ0v) is 16.9. The summed E-state index contributed by atoms with van der Waals surface area (Å²) in [5.41, 5.74) is 4.41. The smallest absolute Gasteiger partial charge is 0.293 e. The molecule has 4 rings (SSSR count). The summed E-state index contributed by atoms with van der Waals surface area (Å²) in [6.45, 7) is 5.88. The lowest BCUT2D eigenvalue weighted by Gasteiger charge is -2.06. The van der Waals surface area contributed by atoms with E-state index in [9.17, 15) is 4.79 Å². The van der Waals surface area contributed by atoms with Gasteiger partial charge in [-0.2, -0.15) is 0 Å². The van der Waals surface area contributed by atoms with Crippen LogP contribution in [0.3, 0.4) is 0 Å². The quantitative estimate of drug-likeness (QED) is 0.481. The summed E-state index contributed by atoms with van der Waals surface area (Å²) in [6.07, 6.45) is 0. The fourth-order valence-corrected chi connectivity index (χ4v) is 4.12. The van der Waals surface area contributed by atoms with Gasteiger partial charge in [0.05, 0.1) is 12.8 Å². The number of aromatic nitrogens is 1. The first-order valence-electron chi connectivity index (χ1n) is 8.90. The van der Waals surface area contributed by atoms with Crippen LogP contribution in [0.5, 0.6) is 5.75 Å². The van der Waals surface area contributed by atoms with Crippen LogP contribution < -0.4 is 10.1 Å². The van der Waals surface area contributed by atoms with Gasteiger partial charge in [-0.05, 0) is 50.6 Å². The molecule has 0 radical (unpaired) electrons. The van der Waals surface area contributed by atoms with Gasteiger partial charge < -0.3 is 9.15 Å². The minimum atomic E-state index is -0.292. The lowest BCUT2D eigenvalue weighted by molar-refractivity contribution is 0.0998. The highest BCUT2D eigenvalue weighted by atomic mass is 32.1. The number of furan rings is 1. The van der Waals surface area contributed by atoms with Gasteiger partial charge >= 0.3 is 0 Å². The number of anilines is 1. The Morgan fingerprint density at radius 2 is 1.93 bits per heavy atom. The molecule has 142 valence electrons. The van der Waals surface area contributed by atoms with Gasteiger partial charge in [-0.15, -0.1) is 11.3 Å². The highest BCUT2D eigenvalue weighted by Gasteiger charge is 2.20. The molecule has 4 aromatic rings. The number of aryl methyl sites for hydroxylation is 3. The van der Waals surface area contributed by atoms with Crippen molar-refractivity contribution in [3.63, 3.8) is 0 Å². The van der Waals surface area contributed by atoms with Crippen LogP contribution in [0.2, 0.25) is 0 Å². The van der Waals surface area contributed by atoms with E-state index in [1.165, 1.54) is 11.3 Å². The van der Waals surface area contributed by atoms with Crippen LogP contribution in [0.4, 0.5) is 5.13 Å². The summed E-state index contributed by atoms with van der Waals surface area (Å²) in [6, 6.07) is 13.6. The summed E-state index contributed by atoms with van der Waals surface area (Å²) in [5.74, 6) is 0.862. The second-order valence-electron chi connectivity index (χ2n) is 6.61. The average molecular weight is 392 g/mol. The second-order valence-corrected chi connectivity index (χ2v) is 7.82. The molecular weight excluding hydrogens is 372 g/mol. The Morgan fingerprint density at radius 3 is 2.64 bits per heavy atom. The number of hydrogen-bond acceptors (Lipinski definition) is 5. The Morgan fingerprint density at radius 1 is 1.14 bits per heavy atom. The number of nitrogens with zero attached hydrogens (tertiary/aromatic N) is 1. The molecule has 2 heterocycles. The Hall–Kier alpha value is -3.12. The molecule has 0 atom stereocenters. The van der Waals surface area contributed by atoms with Gasteiger partial charge in [0.15, 0.2) is 10.9 Å². The number of carbonyl (C=O) groups excluding carboxylic acids is 1. The monoisotopic (exact) mass is 392 g/mol. The van der Waals surface area contributed by atoms with Crippen molar-refractivity contribution in [3.05, 3.63) is 64.2 Å². The summed E-state index contributed by atoms with van der Waals surface area (Å²) < 4.78 is 11.1. The van der Waals surface area contributed by atoms with Gasteiger partial charge in [-0.3, -0.25) is 10.1 Å². The van der Waals surface area contributed by atoms with Crippen molar-refractivity contribution in [2.24, 2.45) is 0 Å². The lowest BCUT2D eigenvalue weighted by Crippen LogP contribution is -2.11. The van der Waals surface area contributed by atoms with E-state index in [0.29, 0.717) is 16.5 Å². The minimum absolute atomic E-state index is 0.292. The Kier molecular flexibility index (Phi) is 4.65. The van der Waals surface area contributed by atoms with Crippen LogP contribution in [0, 0.1) is 20.8 Å². The number of fused-ring (bicyclic) bond motifs is 1. The van der Waals surface area contributed by atoms with Crippen molar-refractivity contribution in [3.8, 4) is 17.0 Å². The molecule has 2 aromatic carbocycles. The number of nitrogens with one attached hydrogen (secondary N) is 1. The number of thiazole rings is 1.